The maximum Gasteiger partial charge on any atom is 0.255 e. The average Bonchev–Trinajstić information content (AvgIpc) is 3.31. The van der Waals surface area contributed by atoms with Gasteiger partial charge in [-0.3, -0.25) is 9.89 Å². The Morgan fingerprint density at radius 2 is 1.62 bits per heavy atom. The van der Waals surface area contributed by atoms with Crippen molar-refractivity contribution in [3.05, 3.63) is 102 Å². The highest BCUT2D eigenvalue weighted by Gasteiger charge is 2.14. The Labute approximate surface area is 214 Å². The van der Waals surface area contributed by atoms with E-state index in [4.69, 9.17) is 0 Å². The summed E-state index contributed by atoms with van der Waals surface area (Å²) in [5.74, 6) is -0.0693. The lowest BCUT2D eigenvalue weighted by atomic mass is 9.99. The number of para-hydroxylation sites is 2. The monoisotopic (exact) mass is 492 g/mol. The van der Waals surface area contributed by atoms with Gasteiger partial charge in [-0.05, 0) is 73.4 Å². The third-order valence-electron chi connectivity index (χ3n) is 6.29. The Bertz CT molecular complexity index is 1510. The van der Waals surface area contributed by atoms with Gasteiger partial charge in [0.1, 0.15) is 11.5 Å². The van der Waals surface area contributed by atoms with Crippen LogP contribution in [0.2, 0.25) is 0 Å². The topological polar surface area (TPSA) is 110 Å². The fourth-order valence-corrected chi connectivity index (χ4v) is 4.35. The van der Waals surface area contributed by atoms with Crippen LogP contribution in [0.4, 0.5) is 11.4 Å². The second-order valence-corrected chi connectivity index (χ2v) is 8.89. The number of aromatic hydroxyl groups is 2. The molecule has 5 N–H and O–H groups in total. The molecule has 0 aliphatic rings. The molecule has 0 atom stereocenters. The summed E-state index contributed by atoms with van der Waals surface area (Å²) in [4.78, 5) is 12.3. The number of carbonyl (C=O) groups is 1. The first-order valence-corrected chi connectivity index (χ1v) is 12.3. The number of benzene rings is 4. The fraction of sp³-hybridized carbons (Fsp3) is 0.133. The Morgan fingerprint density at radius 3 is 2.41 bits per heavy atom. The summed E-state index contributed by atoms with van der Waals surface area (Å²) in [6, 6.07) is 27.8. The number of aromatic nitrogens is 2. The lowest BCUT2D eigenvalue weighted by Gasteiger charge is -2.13. The van der Waals surface area contributed by atoms with E-state index >= 15 is 0 Å². The number of amides is 1. The number of nitrogens with one attached hydrogen (secondary N) is 3. The molecule has 0 bridgehead atoms. The Balaban J connectivity index is 1.31. The first-order valence-electron chi connectivity index (χ1n) is 12.3. The molecule has 0 saturated heterocycles. The highest BCUT2D eigenvalue weighted by Crippen LogP contribution is 2.35. The maximum atomic E-state index is 12.3. The van der Waals surface area contributed by atoms with Crippen molar-refractivity contribution < 1.29 is 15.0 Å². The molecule has 1 heterocycles. The average molecular weight is 493 g/mol. The molecule has 5 rings (SSSR count). The number of carbonyl (C=O) groups excluding carboxylic acids is 1. The van der Waals surface area contributed by atoms with E-state index in [1.165, 1.54) is 6.07 Å². The normalized spacial score (nSPS) is 10.9. The molecule has 1 amide bonds. The van der Waals surface area contributed by atoms with Crippen LogP contribution in [0.1, 0.15) is 28.9 Å². The predicted molar refractivity (Wildman–Crippen MR) is 146 cm³/mol. The summed E-state index contributed by atoms with van der Waals surface area (Å²) in [6.45, 7) is 0.519. The summed E-state index contributed by atoms with van der Waals surface area (Å²) in [7, 11) is 0. The van der Waals surface area contributed by atoms with Crippen molar-refractivity contribution >= 4 is 28.2 Å². The summed E-state index contributed by atoms with van der Waals surface area (Å²) < 4.78 is 0. The molecule has 5 aromatic rings. The van der Waals surface area contributed by atoms with Gasteiger partial charge in [-0.1, -0.05) is 42.5 Å². The molecule has 4 aromatic carbocycles. The molecular formula is C30H28N4O3. The lowest BCUT2D eigenvalue weighted by Crippen LogP contribution is -2.24. The molecule has 0 spiro atoms. The molecule has 7 heteroatoms. The minimum Gasteiger partial charge on any atom is -0.508 e. The first kappa shape index (κ1) is 23.9. The van der Waals surface area contributed by atoms with Gasteiger partial charge >= 0.3 is 0 Å². The second-order valence-electron chi connectivity index (χ2n) is 8.89. The van der Waals surface area contributed by atoms with Crippen LogP contribution in [0.3, 0.4) is 0 Å². The van der Waals surface area contributed by atoms with E-state index in [9.17, 15) is 15.0 Å². The van der Waals surface area contributed by atoms with Crippen molar-refractivity contribution in [1.82, 2.24) is 15.5 Å². The first-order chi connectivity index (χ1) is 18.1. The Kier molecular flexibility index (Phi) is 7.03. The van der Waals surface area contributed by atoms with Crippen molar-refractivity contribution in [1.29, 1.82) is 0 Å². The number of phenols is 2. The van der Waals surface area contributed by atoms with Crippen LogP contribution >= 0.6 is 0 Å². The van der Waals surface area contributed by atoms with Gasteiger partial charge in [-0.2, -0.15) is 5.10 Å². The van der Waals surface area contributed by atoms with Crippen LogP contribution in [0.25, 0.3) is 22.0 Å². The number of aryl methyl sites for hydroxylation is 1. The number of aromatic amines is 1. The molecule has 37 heavy (non-hydrogen) atoms. The van der Waals surface area contributed by atoms with Gasteiger partial charge in [-0.25, -0.2) is 0 Å². The third kappa shape index (κ3) is 5.56. The van der Waals surface area contributed by atoms with Crippen molar-refractivity contribution in [2.24, 2.45) is 0 Å². The molecule has 0 saturated carbocycles. The van der Waals surface area contributed by atoms with Gasteiger partial charge in [0.2, 0.25) is 0 Å². The second kappa shape index (κ2) is 10.9. The number of hydrogen-bond donors (Lipinski definition) is 5. The molecule has 7 nitrogen and oxygen atoms in total. The molecule has 0 aliphatic carbocycles. The van der Waals surface area contributed by atoms with E-state index in [1.54, 1.807) is 30.3 Å². The Morgan fingerprint density at radius 1 is 0.865 bits per heavy atom. The highest BCUT2D eigenvalue weighted by molar-refractivity contribution is 5.97. The SMILES string of the molecule is O=C(NCCCCc1[nH]nc2cc(-c3ccc(O)cc3)c(Nc3ccccc3)cc12)c1ccccc1O. The summed E-state index contributed by atoms with van der Waals surface area (Å²) in [5, 5.41) is 34.8. The number of H-pyrrole nitrogens is 1. The van der Waals surface area contributed by atoms with E-state index in [0.717, 1.165) is 58.4 Å². The van der Waals surface area contributed by atoms with Crippen LogP contribution in [0.15, 0.2) is 91.0 Å². The molecule has 1 aromatic heterocycles. The maximum absolute atomic E-state index is 12.3. The largest absolute Gasteiger partial charge is 0.508 e. The van der Waals surface area contributed by atoms with E-state index in [1.807, 2.05) is 42.5 Å². The van der Waals surface area contributed by atoms with Crippen LogP contribution in [-0.2, 0) is 6.42 Å². The van der Waals surface area contributed by atoms with Crippen LogP contribution in [0.5, 0.6) is 11.5 Å². The van der Waals surface area contributed by atoms with Crippen molar-refractivity contribution in [2.45, 2.75) is 19.3 Å². The van der Waals surface area contributed by atoms with Gasteiger partial charge in [0, 0.05) is 34.6 Å². The lowest BCUT2D eigenvalue weighted by molar-refractivity contribution is 0.0950. The van der Waals surface area contributed by atoms with Crippen molar-refractivity contribution in [3.63, 3.8) is 0 Å². The number of hydrogen-bond acceptors (Lipinski definition) is 5. The van der Waals surface area contributed by atoms with Crippen LogP contribution in [0, 0.1) is 0 Å². The number of anilines is 2. The quantitative estimate of drug-likeness (QED) is 0.159. The standard InChI is InChI=1S/C30H28N4O3/c35-22-15-13-20(14-16-22)24-18-28-25(19-27(24)32-21-8-2-1-3-9-21)26(33-34-28)11-6-7-17-31-30(37)23-10-4-5-12-29(23)36/h1-5,8-10,12-16,18-19,32,35-36H,6-7,11,17H2,(H,31,37)(H,33,34). The molecule has 0 aliphatic heterocycles. The molecule has 0 radical (unpaired) electrons. The molecule has 186 valence electrons. The van der Waals surface area contributed by atoms with Gasteiger partial charge in [0.25, 0.3) is 5.91 Å². The van der Waals surface area contributed by atoms with E-state index in [-0.39, 0.29) is 23.0 Å². The van der Waals surface area contributed by atoms with Crippen LogP contribution in [-0.4, -0.2) is 32.9 Å². The smallest absolute Gasteiger partial charge is 0.255 e. The summed E-state index contributed by atoms with van der Waals surface area (Å²) in [6.07, 6.45) is 2.44. The van der Waals surface area contributed by atoms with E-state index in [2.05, 4.69) is 33.0 Å². The van der Waals surface area contributed by atoms with E-state index in [0.29, 0.717) is 6.54 Å². The number of phenolic OH excluding ortho intramolecular Hbond substituents is 2. The zero-order chi connectivity index (χ0) is 25.6. The van der Waals surface area contributed by atoms with Crippen molar-refractivity contribution in [3.8, 4) is 22.6 Å². The minimum atomic E-state index is -0.275. The van der Waals surface area contributed by atoms with Crippen LogP contribution < -0.4 is 10.6 Å². The number of fused-ring (bicyclic) bond motifs is 1. The van der Waals surface area contributed by atoms with E-state index < -0.39 is 0 Å². The molecular weight excluding hydrogens is 464 g/mol. The predicted octanol–water partition coefficient (Wildman–Crippen LogP) is 6.14. The fourth-order valence-electron chi connectivity index (χ4n) is 4.35. The zero-order valence-electron chi connectivity index (χ0n) is 20.2. The third-order valence-corrected chi connectivity index (χ3v) is 6.29. The van der Waals surface area contributed by atoms with Crippen molar-refractivity contribution in [2.75, 3.05) is 11.9 Å². The zero-order valence-corrected chi connectivity index (χ0v) is 20.2. The van der Waals surface area contributed by atoms with Gasteiger partial charge in [0.05, 0.1) is 11.1 Å². The minimum absolute atomic E-state index is 0.0180. The molecule has 0 unspecified atom stereocenters. The summed E-state index contributed by atoms with van der Waals surface area (Å²) >= 11 is 0. The number of nitrogens with zero attached hydrogens (tertiary/aromatic N) is 1. The van der Waals surface area contributed by atoms with Gasteiger partial charge < -0.3 is 20.8 Å². The van der Waals surface area contributed by atoms with Gasteiger partial charge in [0.15, 0.2) is 0 Å². The molecule has 0 fully saturated rings. The van der Waals surface area contributed by atoms with Gasteiger partial charge in [-0.15, -0.1) is 0 Å². The summed E-state index contributed by atoms with van der Waals surface area (Å²) in [5.41, 5.74) is 6.07. The number of unbranched alkanes of at least 4 members (excludes halogenated alkanes) is 1. The highest BCUT2D eigenvalue weighted by atomic mass is 16.3. The Hall–Kier alpha value is -4.78. The number of rotatable bonds is 9.